The Morgan fingerprint density at radius 2 is 2.00 bits per heavy atom. The van der Waals surface area contributed by atoms with E-state index in [0.717, 1.165) is 5.56 Å². The third kappa shape index (κ3) is 3.12. The predicted octanol–water partition coefficient (Wildman–Crippen LogP) is 3.14. The molecular weight excluding hydrogens is 248 g/mol. The van der Waals surface area contributed by atoms with E-state index in [1.807, 2.05) is 19.9 Å². The largest absolute Gasteiger partial charge is 0.492 e. The lowest BCUT2D eigenvalue weighted by Crippen LogP contribution is -2.01. The van der Waals surface area contributed by atoms with Crippen LogP contribution in [0.1, 0.15) is 32.3 Å². The van der Waals surface area contributed by atoms with E-state index in [-0.39, 0.29) is 10.8 Å². The van der Waals surface area contributed by atoms with Crippen LogP contribution in [0.4, 0.5) is 0 Å². The molecule has 0 heterocycles. The molecule has 0 aliphatic heterocycles. The minimum atomic E-state index is -3.76. The zero-order valence-corrected chi connectivity index (χ0v) is 11.1. The number of ether oxygens (including phenoxy) is 1. The molecule has 0 spiro atoms. The molecule has 0 radical (unpaired) electrons. The highest BCUT2D eigenvalue weighted by atomic mass is 35.7. The summed E-state index contributed by atoms with van der Waals surface area (Å²) in [5, 5.41) is 0. The zero-order valence-electron chi connectivity index (χ0n) is 9.53. The molecule has 1 rings (SSSR count). The van der Waals surface area contributed by atoms with Crippen molar-refractivity contribution in [1.29, 1.82) is 0 Å². The van der Waals surface area contributed by atoms with E-state index in [1.54, 1.807) is 19.1 Å². The van der Waals surface area contributed by atoms with Crippen molar-refractivity contribution in [3.8, 4) is 5.75 Å². The summed E-state index contributed by atoms with van der Waals surface area (Å²) >= 11 is 0. The van der Waals surface area contributed by atoms with Gasteiger partial charge in [-0.1, -0.05) is 19.9 Å². The zero-order chi connectivity index (χ0) is 12.3. The van der Waals surface area contributed by atoms with Gasteiger partial charge in [-0.3, -0.25) is 0 Å². The molecule has 90 valence electrons. The van der Waals surface area contributed by atoms with E-state index in [1.165, 1.54) is 0 Å². The van der Waals surface area contributed by atoms with E-state index in [9.17, 15) is 8.42 Å². The molecular formula is C11H15ClO3S. The van der Waals surface area contributed by atoms with Crippen LogP contribution >= 0.6 is 10.7 Å². The van der Waals surface area contributed by atoms with Gasteiger partial charge < -0.3 is 4.74 Å². The first kappa shape index (κ1) is 13.3. The van der Waals surface area contributed by atoms with Crippen molar-refractivity contribution in [2.45, 2.75) is 31.6 Å². The van der Waals surface area contributed by atoms with Crippen molar-refractivity contribution in [1.82, 2.24) is 0 Å². The third-order valence-electron chi connectivity index (χ3n) is 2.20. The van der Waals surface area contributed by atoms with Crippen LogP contribution in [0.15, 0.2) is 23.1 Å². The van der Waals surface area contributed by atoms with Crippen LogP contribution in [0.3, 0.4) is 0 Å². The lowest BCUT2D eigenvalue weighted by Gasteiger charge is -2.11. The van der Waals surface area contributed by atoms with Gasteiger partial charge in [-0.05, 0) is 30.5 Å². The van der Waals surface area contributed by atoms with Crippen molar-refractivity contribution in [3.63, 3.8) is 0 Å². The summed E-state index contributed by atoms with van der Waals surface area (Å²) in [6, 6.07) is 5.06. The number of hydrogen-bond donors (Lipinski definition) is 0. The van der Waals surface area contributed by atoms with Gasteiger partial charge in [-0.15, -0.1) is 0 Å². The molecule has 16 heavy (non-hydrogen) atoms. The predicted molar refractivity (Wildman–Crippen MR) is 64.7 cm³/mol. The molecule has 1 aromatic carbocycles. The molecule has 0 aliphatic carbocycles. The van der Waals surface area contributed by atoms with Gasteiger partial charge in [0.05, 0.1) is 6.61 Å². The van der Waals surface area contributed by atoms with E-state index in [2.05, 4.69) is 0 Å². The van der Waals surface area contributed by atoms with Crippen molar-refractivity contribution < 1.29 is 13.2 Å². The molecule has 0 aromatic heterocycles. The van der Waals surface area contributed by atoms with E-state index < -0.39 is 9.05 Å². The van der Waals surface area contributed by atoms with Crippen LogP contribution in [0.5, 0.6) is 5.75 Å². The lowest BCUT2D eigenvalue weighted by atomic mass is 10.0. The summed E-state index contributed by atoms with van der Waals surface area (Å²) in [4.78, 5) is 0.0437. The average Bonchev–Trinajstić information content (AvgIpc) is 2.16. The normalized spacial score (nSPS) is 11.8. The van der Waals surface area contributed by atoms with Crippen LogP contribution < -0.4 is 4.74 Å². The molecule has 3 nitrogen and oxygen atoms in total. The molecule has 0 saturated heterocycles. The maximum atomic E-state index is 11.4. The van der Waals surface area contributed by atoms with Gasteiger partial charge in [-0.2, -0.15) is 0 Å². The van der Waals surface area contributed by atoms with Crippen LogP contribution in [0.25, 0.3) is 0 Å². The number of halogens is 1. The van der Waals surface area contributed by atoms with Gasteiger partial charge >= 0.3 is 0 Å². The van der Waals surface area contributed by atoms with Crippen LogP contribution in [-0.2, 0) is 9.05 Å². The van der Waals surface area contributed by atoms with Crippen LogP contribution in [0.2, 0.25) is 0 Å². The first-order valence-electron chi connectivity index (χ1n) is 5.07. The summed E-state index contributed by atoms with van der Waals surface area (Å²) in [5.74, 6) is 0.551. The SMILES string of the molecule is CCOc1ccc(C(C)C)cc1S(=O)(=O)Cl. The first-order valence-corrected chi connectivity index (χ1v) is 7.38. The first-order chi connectivity index (χ1) is 7.36. The summed E-state index contributed by atoms with van der Waals surface area (Å²) in [7, 11) is 1.60. The highest BCUT2D eigenvalue weighted by Crippen LogP contribution is 2.30. The molecule has 0 amide bonds. The Bertz CT molecular complexity index is 466. The lowest BCUT2D eigenvalue weighted by molar-refractivity contribution is 0.331. The standard InChI is InChI=1S/C11H15ClO3S/c1-4-15-10-6-5-9(8(2)3)7-11(10)16(12,13)14/h5-8H,4H2,1-3H3. The number of rotatable bonds is 4. The second-order valence-corrected chi connectivity index (χ2v) is 6.27. The van der Waals surface area contributed by atoms with Crippen LogP contribution in [0, 0.1) is 0 Å². The van der Waals surface area contributed by atoms with Gasteiger partial charge in [0.1, 0.15) is 10.6 Å². The summed E-state index contributed by atoms with van der Waals surface area (Å²) < 4.78 is 28.0. The Morgan fingerprint density at radius 3 is 2.44 bits per heavy atom. The maximum absolute atomic E-state index is 11.4. The fourth-order valence-corrected chi connectivity index (χ4v) is 2.35. The summed E-state index contributed by atoms with van der Waals surface area (Å²) in [5.41, 5.74) is 0.919. The van der Waals surface area contributed by atoms with E-state index in [0.29, 0.717) is 12.4 Å². The molecule has 0 bridgehead atoms. The Kier molecular flexibility index (Phi) is 4.21. The van der Waals surface area contributed by atoms with E-state index in [4.69, 9.17) is 15.4 Å². The van der Waals surface area contributed by atoms with Crippen molar-refractivity contribution >= 4 is 19.7 Å². The molecule has 0 saturated carbocycles. The summed E-state index contributed by atoms with van der Waals surface area (Å²) in [6.07, 6.45) is 0. The Labute approximate surface area is 101 Å². The highest BCUT2D eigenvalue weighted by molar-refractivity contribution is 8.13. The smallest absolute Gasteiger partial charge is 0.264 e. The Morgan fingerprint density at radius 1 is 1.38 bits per heavy atom. The fourth-order valence-electron chi connectivity index (χ4n) is 1.35. The second-order valence-electron chi connectivity index (χ2n) is 3.73. The minimum Gasteiger partial charge on any atom is -0.492 e. The van der Waals surface area contributed by atoms with Gasteiger partial charge in [0.15, 0.2) is 0 Å². The third-order valence-corrected chi connectivity index (χ3v) is 3.54. The Hall–Kier alpha value is -0.740. The van der Waals surface area contributed by atoms with Gasteiger partial charge in [-0.25, -0.2) is 8.42 Å². The molecule has 0 fully saturated rings. The minimum absolute atomic E-state index is 0.0437. The molecule has 0 atom stereocenters. The number of hydrogen-bond acceptors (Lipinski definition) is 3. The topological polar surface area (TPSA) is 43.4 Å². The monoisotopic (exact) mass is 262 g/mol. The quantitative estimate of drug-likeness (QED) is 0.783. The molecule has 0 N–H and O–H groups in total. The molecule has 1 aromatic rings. The van der Waals surface area contributed by atoms with Gasteiger partial charge in [0.2, 0.25) is 0 Å². The second kappa shape index (κ2) is 5.06. The molecule has 5 heteroatoms. The van der Waals surface area contributed by atoms with Crippen LogP contribution in [-0.4, -0.2) is 15.0 Å². The van der Waals surface area contributed by atoms with Gasteiger partial charge in [0.25, 0.3) is 9.05 Å². The molecule has 0 aliphatic rings. The van der Waals surface area contributed by atoms with Crippen molar-refractivity contribution in [2.75, 3.05) is 6.61 Å². The molecule has 0 unspecified atom stereocenters. The number of benzene rings is 1. The van der Waals surface area contributed by atoms with E-state index >= 15 is 0 Å². The summed E-state index contributed by atoms with van der Waals surface area (Å²) in [6.45, 7) is 6.17. The van der Waals surface area contributed by atoms with Crippen molar-refractivity contribution in [3.05, 3.63) is 23.8 Å². The Balaban J connectivity index is 3.33. The fraction of sp³-hybridized carbons (Fsp3) is 0.455. The van der Waals surface area contributed by atoms with Crippen molar-refractivity contribution in [2.24, 2.45) is 0 Å². The maximum Gasteiger partial charge on any atom is 0.264 e. The van der Waals surface area contributed by atoms with Gasteiger partial charge in [0, 0.05) is 10.7 Å². The average molecular weight is 263 g/mol. The highest BCUT2D eigenvalue weighted by Gasteiger charge is 2.18.